The molecule has 92 valence electrons. The number of amides is 1. The third-order valence-corrected chi connectivity index (χ3v) is 3.01. The second-order valence-electron chi connectivity index (χ2n) is 4.10. The van der Waals surface area contributed by atoms with Crippen LogP contribution in [0, 0.1) is 5.92 Å². The summed E-state index contributed by atoms with van der Waals surface area (Å²) in [5.41, 5.74) is 0.776. The highest BCUT2D eigenvalue weighted by Gasteiger charge is 2.30. The van der Waals surface area contributed by atoms with Gasteiger partial charge in [-0.05, 0) is 25.1 Å². The number of methoxy groups -OCH3 is 1. The summed E-state index contributed by atoms with van der Waals surface area (Å²) in [4.78, 5) is 16.0. The molecule has 0 aromatic carbocycles. The van der Waals surface area contributed by atoms with Crippen LogP contribution in [0.2, 0.25) is 0 Å². The third kappa shape index (κ3) is 3.01. The number of nitrogens with one attached hydrogen (secondary N) is 2. The van der Waals surface area contributed by atoms with Crippen molar-refractivity contribution >= 4 is 11.6 Å². The van der Waals surface area contributed by atoms with Gasteiger partial charge in [0.15, 0.2) is 0 Å². The Kier molecular flexibility index (Phi) is 4.06. The van der Waals surface area contributed by atoms with Crippen molar-refractivity contribution in [2.24, 2.45) is 5.92 Å². The molecule has 0 saturated carbocycles. The van der Waals surface area contributed by atoms with Crippen LogP contribution >= 0.6 is 0 Å². The Morgan fingerprint density at radius 1 is 1.53 bits per heavy atom. The summed E-state index contributed by atoms with van der Waals surface area (Å²) in [5, 5.41) is 6.11. The molecule has 2 heterocycles. The second kappa shape index (κ2) is 5.75. The molecule has 2 rings (SSSR count). The predicted molar refractivity (Wildman–Crippen MR) is 64.6 cm³/mol. The lowest BCUT2D eigenvalue weighted by Gasteiger charge is -2.29. The number of carbonyl (C=O) groups is 1. The average Bonchev–Trinajstić information content (AvgIpc) is 2.40. The van der Waals surface area contributed by atoms with Crippen LogP contribution in [0.15, 0.2) is 24.5 Å². The summed E-state index contributed by atoms with van der Waals surface area (Å²) in [6.07, 6.45) is 4.07. The quantitative estimate of drug-likeness (QED) is 0.807. The molecule has 2 N–H and O–H groups in total. The van der Waals surface area contributed by atoms with Gasteiger partial charge in [-0.15, -0.1) is 0 Å². The average molecular weight is 235 g/mol. The van der Waals surface area contributed by atoms with E-state index >= 15 is 0 Å². The fraction of sp³-hybridized carbons (Fsp3) is 0.500. The van der Waals surface area contributed by atoms with E-state index in [1.807, 2.05) is 0 Å². The molecule has 0 bridgehead atoms. The number of hydrogen-bond acceptors (Lipinski definition) is 4. The molecule has 0 spiro atoms. The van der Waals surface area contributed by atoms with Crippen molar-refractivity contribution in [1.29, 1.82) is 0 Å². The Bertz CT molecular complexity index is 369. The maximum absolute atomic E-state index is 12.1. The summed E-state index contributed by atoms with van der Waals surface area (Å²) < 4.78 is 5.33. The molecular weight excluding hydrogens is 218 g/mol. The van der Waals surface area contributed by atoms with Gasteiger partial charge in [-0.3, -0.25) is 9.78 Å². The molecule has 0 aliphatic carbocycles. The van der Waals surface area contributed by atoms with E-state index in [9.17, 15) is 4.79 Å². The summed E-state index contributed by atoms with van der Waals surface area (Å²) in [6, 6.07) is 3.56. The minimum Gasteiger partial charge on any atom is -0.379 e. The molecule has 1 aliphatic rings. The van der Waals surface area contributed by atoms with Crippen molar-refractivity contribution in [1.82, 2.24) is 10.3 Å². The van der Waals surface area contributed by atoms with Gasteiger partial charge in [-0.1, -0.05) is 0 Å². The maximum atomic E-state index is 12.1. The summed E-state index contributed by atoms with van der Waals surface area (Å²) >= 11 is 0. The first kappa shape index (κ1) is 12.0. The van der Waals surface area contributed by atoms with Crippen LogP contribution < -0.4 is 10.6 Å². The summed E-state index contributed by atoms with van der Waals surface area (Å²) in [5.74, 6) is -0.0704. The standard InChI is InChI=1S/C12H17N3O2/c1-17-11-8-14-7-4-10(11)12(16)15-9-2-5-13-6-3-9/h2-3,5-6,10-11,14H,4,7-8H2,1H3,(H,13,15,16). The van der Waals surface area contributed by atoms with Crippen molar-refractivity contribution in [3.05, 3.63) is 24.5 Å². The van der Waals surface area contributed by atoms with Crippen molar-refractivity contribution in [3.63, 3.8) is 0 Å². The Balaban J connectivity index is 1.99. The number of pyridine rings is 1. The molecule has 1 aromatic rings. The van der Waals surface area contributed by atoms with Crippen molar-refractivity contribution in [2.75, 3.05) is 25.5 Å². The van der Waals surface area contributed by atoms with E-state index in [1.54, 1.807) is 31.6 Å². The first-order valence-electron chi connectivity index (χ1n) is 5.75. The highest BCUT2D eigenvalue weighted by Crippen LogP contribution is 2.17. The van der Waals surface area contributed by atoms with Gasteiger partial charge >= 0.3 is 0 Å². The highest BCUT2D eigenvalue weighted by atomic mass is 16.5. The molecule has 17 heavy (non-hydrogen) atoms. The second-order valence-corrected chi connectivity index (χ2v) is 4.10. The van der Waals surface area contributed by atoms with Crippen LogP contribution in [-0.4, -0.2) is 37.2 Å². The van der Waals surface area contributed by atoms with E-state index in [0.29, 0.717) is 0 Å². The van der Waals surface area contributed by atoms with Crippen LogP contribution in [0.4, 0.5) is 5.69 Å². The first-order chi connectivity index (χ1) is 8.31. The molecule has 1 fully saturated rings. The van der Waals surface area contributed by atoms with Crippen molar-refractivity contribution in [3.8, 4) is 0 Å². The molecule has 2 unspecified atom stereocenters. The molecule has 0 radical (unpaired) electrons. The molecule has 5 nitrogen and oxygen atoms in total. The SMILES string of the molecule is COC1CNCCC1C(=O)Nc1ccncc1. The van der Waals surface area contributed by atoms with E-state index in [1.165, 1.54) is 0 Å². The van der Waals surface area contributed by atoms with E-state index < -0.39 is 0 Å². The summed E-state index contributed by atoms with van der Waals surface area (Å²) in [6.45, 7) is 1.58. The number of piperidine rings is 1. The van der Waals surface area contributed by atoms with E-state index in [0.717, 1.165) is 25.2 Å². The van der Waals surface area contributed by atoms with Crippen molar-refractivity contribution < 1.29 is 9.53 Å². The number of rotatable bonds is 3. The van der Waals surface area contributed by atoms with Crippen LogP contribution in [0.1, 0.15) is 6.42 Å². The normalized spacial score (nSPS) is 24.3. The lowest BCUT2D eigenvalue weighted by Crippen LogP contribution is -2.46. The Morgan fingerprint density at radius 3 is 3.00 bits per heavy atom. The largest absolute Gasteiger partial charge is 0.379 e. The van der Waals surface area contributed by atoms with Crippen LogP contribution in [0.25, 0.3) is 0 Å². The fourth-order valence-electron chi connectivity index (χ4n) is 2.05. The highest BCUT2D eigenvalue weighted by molar-refractivity contribution is 5.92. The monoisotopic (exact) mass is 235 g/mol. The van der Waals surface area contributed by atoms with Gasteiger partial charge in [0.1, 0.15) is 0 Å². The number of aromatic nitrogens is 1. The van der Waals surface area contributed by atoms with Gasteiger partial charge < -0.3 is 15.4 Å². The zero-order valence-electron chi connectivity index (χ0n) is 9.85. The molecule has 2 atom stereocenters. The molecular formula is C12H17N3O2. The van der Waals surface area contributed by atoms with Gasteiger partial charge in [0.2, 0.25) is 5.91 Å². The van der Waals surface area contributed by atoms with Crippen LogP contribution in [0.3, 0.4) is 0 Å². The molecule has 1 amide bonds. The Labute approximate surface area is 101 Å². The number of nitrogens with zero attached hydrogens (tertiary/aromatic N) is 1. The molecule has 1 aromatic heterocycles. The lowest BCUT2D eigenvalue weighted by atomic mass is 9.94. The Hall–Kier alpha value is -1.46. The molecule has 1 aliphatic heterocycles. The molecule has 5 heteroatoms. The zero-order valence-corrected chi connectivity index (χ0v) is 9.85. The van der Waals surface area contributed by atoms with Gasteiger partial charge in [-0.25, -0.2) is 0 Å². The van der Waals surface area contributed by atoms with Crippen LogP contribution in [0.5, 0.6) is 0 Å². The molecule has 1 saturated heterocycles. The zero-order chi connectivity index (χ0) is 12.1. The van der Waals surface area contributed by atoms with Gasteiger partial charge in [0, 0.05) is 31.7 Å². The van der Waals surface area contributed by atoms with Crippen LogP contribution in [-0.2, 0) is 9.53 Å². The van der Waals surface area contributed by atoms with Gasteiger partial charge in [-0.2, -0.15) is 0 Å². The minimum atomic E-state index is -0.0885. The Morgan fingerprint density at radius 2 is 2.29 bits per heavy atom. The fourth-order valence-corrected chi connectivity index (χ4v) is 2.05. The number of ether oxygens (including phenoxy) is 1. The topological polar surface area (TPSA) is 63.2 Å². The number of anilines is 1. The first-order valence-corrected chi connectivity index (χ1v) is 5.75. The number of hydrogen-bond donors (Lipinski definition) is 2. The van der Waals surface area contributed by atoms with Gasteiger partial charge in [0.25, 0.3) is 0 Å². The third-order valence-electron chi connectivity index (χ3n) is 3.01. The van der Waals surface area contributed by atoms with E-state index in [2.05, 4.69) is 15.6 Å². The maximum Gasteiger partial charge on any atom is 0.230 e. The minimum absolute atomic E-state index is 0.0181. The summed E-state index contributed by atoms with van der Waals surface area (Å²) in [7, 11) is 1.64. The number of carbonyl (C=O) groups excluding carboxylic acids is 1. The smallest absolute Gasteiger partial charge is 0.230 e. The predicted octanol–water partition coefficient (Wildman–Crippen LogP) is 0.645. The van der Waals surface area contributed by atoms with E-state index in [4.69, 9.17) is 4.74 Å². The van der Waals surface area contributed by atoms with Gasteiger partial charge in [0.05, 0.1) is 12.0 Å². The lowest BCUT2D eigenvalue weighted by molar-refractivity contribution is -0.125. The van der Waals surface area contributed by atoms with E-state index in [-0.39, 0.29) is 17.9 Å². The van der Waals surface area contributed by atoms with Crippen molar-refractivity contribution in [2.45, 2.75) is 12.5 Å².